The molecule has 0 aromatic heterocycles. The maximum atomic E-state index is 11.0. The molecule has 1 saturated heterocycles. The Kier molecular flexibility index (Phi) is 6.31. The molecule has 3 rings (SSSR count). The first kappa shape index (κ1) is 20.3. The highest BCUT2D eigenvalue weighted by molar-refractivity contribution is 5.45. The number of methoxy groups -OCH3 is 4. The van der Waals surface area contributed by atoms with E-state index in [1.165, 1.54) is 0 Å². The Bertz CT molecular complexity index is 806. The second kappa shape index (κ2) is 8.71. The lowest BCUT2D eigenvalue weighted by Gasteiger charge is -2.24. The maximum absolute atomic E-state index is 11.0. The molecule has 152 valence electrons. The van der Waals surface area contributed by atoms with E-state index in [4.69, 9.17) is 23.7 Å². The van der Waals surface area contributed by atoms with Gasteiger partial charge in [-0.25, -0.2) is 0 Å². The number of aliphatic hydroxyl groups excluding tert-OH is 1. The molecule has 0 amide bonds. The van der Waals surface area contributed by atoms with Gasteiger partial charge in [-0.2, -0.15) is 0 Å². The minimum atomic E-state index is -0.667. The fourth-order valence-corrected chi connectivity index (χ4v) is 3.84. The van der Waals surface area contributed by atoms with Crippen molar-refractivity contribution in [2.24, 2.45) is 11.8 Å². The van der Waals surface area contributed by atoms with Crippen LogP contribution < -0.4 is 18.9 Å². The van der Waals surface area contributed by atoms with Crippen LogP contribution in [0.1, 0.15) is 30.3 Å². The van der Waals surface area contributed by atoms with Crippen LogP contribution in [0, 0.1) is 11.8 Å². The van der Waals surface area contributed by atoms with Crippen LogP contribution in [0.2, 0.25) is 0 Å². The van der Waals surface area contributed by atoms with E-state index in [2.05, 4.69) is 6.92 Å². The van der Waals surface area contributed by atoms with Crippen molar-refractivity contribution in [2.45, 2.75) is 19.1 Å². The second-order valence-electron chi connectivity index (χ2n) is 6.95. The van der Waals surface area contributed by atoms with Gasteiger partial charge in [0.2, 0.25) is 0 Å². The largest absolute Gasteiger partial charge is 0.493 e. The quantitative estimate of drug-likeness (QED) is 0.779. The molecule has 1 N–H and O–H groups in total. The molecule has 28 heavy (non-hydrogen) atoms. The van der Waals surface area contributed by atoms with E-state index < -0.39 is 6.10 Å². The van der Waals surface area contributed by atoms with Crippen molar-refractivity contribution in [3.05, 3.63) is 47.5 Å². The zero-order chi connectivity index (χ0) is 20.3. The van der Waals surface area contributed by atoms with Crippen LogP contribution in [0.15, 0.2) is 36.4 Å². The summed E-state index contributed by atoms with van der Waals surface area (Å²) < 4.78 is 27.4. The lowest BCUT2D eigenvalue weighted by atomic mass is 9.83. The fourth-order valence-electron chi connectivity index (χ4n) is 3.84. The molecular weight excluding hydrogens is 360 g/mol. The van der Waals surface area contributed by atoms with Crippen molar-refractivity contribution in [3.63, 3.8) is 0 Å². The molecule has 0 bridgehead atoms. The first-order valence-electron chi connectivity index (χ1n) is 9.27. The Morgan fingerprint density at radius 2 is 1.43 bits per heavy atom. The van der Waals surface area contributed by atoms with Gasteiger partial charge in [0.1, 0.15) is 0 Å². The van der Waals surface area contributed by atoms with Crippen molar-refractivity contribution in [2.75, 3.05) is 35.0 Å². The predicted molar refractivity (Wildman–Crippen MR) is 105 cm³/mol. The molecule has 1 aliphatic heterocycles. The lowest BCUT2D eigenvalue weighted by Crippen LogP contribution is -2.20. The van der Waals surface area contributed by atoms with E-state index in [1.54, 1.807) is 28.4 Å². The number of aliphatic hydroxyl groups is 1. The van der Waals surface area contributed by atoms with Crippen LogP contribution in [0.3, 0.4) is 0 Å². The molecule has 1 heterocycles. The van der Waals surface area contributed by atoms with Crippen molar-refractivity contribution in [1.29, 1.82) is 0 Å². The predicted octanol–water partition coefficient (Wildman–Crippen LogP) is 3.78. The van der Waals surface area contributed by atoms with Gasteiger partial charge in [0.05, 0.1) is 47.3 Å². The topological polar surface area (TPSA) is 66.4 Å². The van der Waals surface area contributed by atoms with Gasteiger partial charge in [-0.1, -0.05) is 19.1 Å². The Balaban J connectivity index is 1.81. The molecule has 6 heteroatoms. The smallest absolute Gasteiger partial charge is 0.161 e. The summed E-state index contributed by atoms with van der Waals surface area (Å²) in [7, 11) is 6.41. The summed E-state index contributed by atoms with van der Waals surface area (Å²) in [5, 5.41) is 11.0. The van der Waals surface area contributed by atoms with Crippen LogP contribution in [-0.2, 0) is 4.74 Å². The first-order valence-corrected chi connectivity index (χ1v) is 9.27. The monoisotopic (exact) mass is 388 g/mol. The van der Waals surface area contributed by atoms with Crippen LogP contribution in [0.25, 0.3) is 0 Å². The highest BCUT2D eigenvalue weighted by Crippen LogP contribution is 2.45. The summed E-state index contributed by atoms with van der Waals surface area (Å²) in [6.07, 6.45) is -0.792. The van der Waals surface area contributed by atoms with Gasteiger partial charge in [0.25, 0.3) is 0 Å². The first-order chi connectivity index (χ1) is 13.5. The molecule has 0 aliphatic carbocycles. The van der Waals surface area contributed by atoms with Gasteiger partial charge < -0.3 is 28.8 Å². The standard InChI is InChI=1S/C22H28O6/c1-13-16(21(23)14-6-8-17(24-2)19(10-14)26-4)12-28-22(13)15-7-9-18(25-3)20(11-15)27-5/h6-11,13,16,21-23H,12H2,1-5H3/t13-,16-,21-,22-/m0/s1. The zero-order valence-corrected chi connectivity index (χ0v) is 17.0. The van der Waals surface area contributed by atoms with E-state index in [-0.39, 0.29) is 17.9 Å². The van der Waals surface area contributed by atoms with Gasteiger partial charge >= 0.3 is 0 Å². The zero-order valence-electron chi connectivity index (χ0n) is 17.0. The number of ether oxygens (including phenoxy) is 5. The summed E-state index contributed by atoms with van der Waals surface area (Å²) in [5.41, 5.74) is 1.79. The van der Waals surface area contributed by atoms with Crippen molar-refractivity contribution in [1.82, 2.24) is 0 Å². The lowest BCUT2D eigenvalue weighted by molar-refractivity contribution is 0.0755. The van der Waals surface area contributed by atoms with E-state index in [0.717, 1.165) is 11.1 Å². The average Bonchev–Trinajstić information content (AvgIpc) is 3.13. The molecule has 0 spiro atoms. The molecule has 6 nitrogen and oxygen atoms in total. The summed E-state index contributed by atoms with van der Waals surface area (Å²) in [6, 6.07) is 11.3. The highest BCUT2D eigenvalue weighted by atomic mass is 16.5. The van der Waals surface area contributed by atoms with Gasteiger partial charge in [-0.15, -0.1) is 0 Å². The Morgan fingerprint density at radius 1 is 0.857 bits per heavy atom. The third-order valence-electron chi connectivity index (χ3n) is 5.51. The SMILES string of the molecule is COc1ccc([C@H]2OC[C@H]([C@@H](O)c3ccc(OC)c(OC)c3)[C@@H]2C)cc1OC. The molecule has 2 aromatic carbocycles. The van der Waals surface area contributed by atoms with Crippen molar-refractivity contribution < 1.29 is 28.8 Å². The minimum absolute atomic E-state index is 0.0452. The molecule has 0 saturated carbocycles. The average molecular weight is 388 g/mol. The van der Waals surface area contributed by atoms with Crippen molar-refractivity contribution in [3.8, 4) is 23.0 Å². The number of hydrogen-bond acceptors (Lipinski definition) is 6. The Labute approximate surface area is 165 Å². The van der Waals surface area contributed by atoms with Gasteiger partial charge in [0.15, 0.2) is 23.0 Å². The van der Waals surface area contributed by atoms with E-state index >= 15 is 0 Å². The second-order valence-corrected chi connectivity index (χ2v) is 6.95. The normalized spacial score (nSPS) is 22.6. The van der Waals surface area contributed by atoms with Gasteiger partial charge in [-0.05, 0) is 41.3 Å². The molecule has 0 unspecified atom stereocenters. The fraction of sp³-hybridized carbons (Fsp3) is 0.455. The molecule has 1 aliphatic rings. The summed E-state index contributed by atoms with van der Waals surface area (Å²) >= 11 is 0. The molecule has 4 atom stereocenters. The van der Waals surface area contributed by atoms with Crippen LogP contribution in [0.4, 0.5) is 0 Å². The molecule has 1 fully saturated rings. The van der Waals surface area contributed by atoms with Crippen LogP contribution in [0.5, 0.6) is 23.0 Å². The minimum Gasteiger partial charge on any atom is -0.493 e. The summed E-state index contributed by atoms with van der Waals surface area (Å²) in [6.45, 7) is 2.57. The Hall–Kier alpha value is -2.44. The van der Waals surface area contributed by atoms with E-state index in [9.17, 15) is 5.11 Å². The molecule has 0 radical (unpaired) electrons. The number of benzene rings is 2. The van der Waals surface area contributed by atoms with Crippen LogP contribution in [-0.4, -0.2) is 40.2 Å². The number of hydrogen-bond donors (Lipinski definition) is 1. The third-order valence-corrected chi connectivity index (χ3v) is 5.51. The van der Waals surface area contributed by atoms with Gasteiger partial charge in [-0.3, -0.25) is 0 Å². The number of rotatable bonds is 7. The summed E-state index contributed by atoms with van der Waals surface area (Å²) in [4.78, 5) is 0. The van der Waals surface area contributed by atoms with Crippen LogP contribution >= 0.6 is 0 Å². The summed E-state index contributed by atoms with van der Waals surface area (Å²) in [5.74, 6) is 2.65. The molecule has 2 aromatic rings. The molecular formula is C22H28O6. The highest BCUT2D eigenvalue weighted by Gasteiger charge is 2.39. The van der Waals surface area contributed by atoms with E-state index in [1.807, 2.05) is 36.4 Å². The maximum Gasteiger partial charge on any atom is 0.161 e. The Morgan fingerprint density at radius 3 is 2.04 bits per heavy atom. The van der Waals surface area contributed by atoms with Gasteiger partial charge in [0, 0.05) is 5.92 Å². The van der Waals surface area contributed by atoms with Crippen molar-refractivity contribution >= 4 is 0 Å². The van der Waals surface area contributed by atoms with E-state index in [0.29, 0.717) is 29.6 Å². The third kappa shape index (κ3) is 3.75.